The molecule has 5 rings (SSSR count). The topological polar surface area (TPSA) is 106 Å². The van der Waals surface area contributed by atoms with Gasteiger partial charge < -0.3 is 16.0 Å². The van der Waals surface area contributed by atoms with E-state index in [1.807, 2.05) is 17.7 Å². The number of nitrogens with one attached hydrogen (secondary N) is 3. The Morgan fingerprint density at radius 1 is 1.23 bits per heavy atom. The van der Waals surface area contributed by atoms with Crippen LogP contribution in [0.4, 0.5) is 11.6 Å². The van der Waals surface area contributed by atoms with Gasteiger partial charge >= 0.3 is 0 Å². The second-order valence-electron chi connectivity index (χ2n) is 7.83. The lowest BCUT2D eigenvalue weighted by atomic mass is 10.0. The lowest BCUT2D eigenvalue weighted by Crippen LogP contribution is -2.37. The first kappa shape index (κ1) is 18.8. The van der Waals surface area contributed by atoms with E-state index >= 15 is 0 Å². The van der Waals surface area contributed by atoms with Crippen LogP contribution in [0.3, 0.4) is 0 Å². The average molecular weight is 407 g/mol. The van der Waals surface area contributed by atoms with E-state index in [9.17, 15) is 9.59 Å². The molecule has 1 saturated heterocycles. The Morgan fingerprint density at radius 3 is 2.97 bits per heavy atom. The van der Waals surface area contributed by atoms with E-state index in [0.717, 1.165) is 31.6 Å². The number of benzene rings is 1. The van der Waals surface area contributed by atoms with Crippen LogP contribution in [-0.2, 0) is 24.3 Å². The molecule has 9 nitrogen and oxygen atoms in total. The van der Waals surface area contributed by atoms with Crippen molar-refractivity contribution in [2.75, 3.05) is 18.4 Å². The fourth-order valence-electron chi connectivity index (χ4n) is 4.44. The standard InChI is InChI=1S/C21H25N7O2/c1-2-27-20(30)17-12-24-21(25-15-4-3-14-11-22-7-5-13(14)9-15)26-19(17)28(27)16-6-8-23-18(29)10-16/h3-4,9,12,16,22H,2,5-8,10-11H2,1H3,(H,23,29)(H,24,25,26). The molecule has 1 fully saturated rings. The molecule has 2 aliphatic heterocycles. The third-order valence-electron chi connectivity index (χ3n) is 5.93. The Balaban J connectivity index is 1.54. The normalized spacial score (nSPS) is 18.8. The van der Waals surface area contributed by atoms with Gasteiger partial charge in [0.1, 0.15) is 5.39 Å². The highest BCUT2D eigenvalue weighted by Crippen LogP contribution is 2.25. The molecule has 3 N–H and O–H groups in total. The van der Waals surface area contributed by atoms with Crippen LogP contribution in [0.15, 0.2) is 29.2 Å². The first-order valence-corrected chi connectivity index (χ1v) is 10.5. The molecule has 1 unspecified atom stereocenters. The smallest absolute Gasteiger partial charge is 0.277 e. The first-order valence-electron chi connectivity index (χ1n) is 10.5. The molecule has 0 aliphatic carbocycles. The maximum Gasteiger partial charge on any atom is 0.277 e. The Bertz CT molecular complexity index is 1180. The highest BCUT2D eigenvalue weighted by molar-refractivity contribution is 5.79. The first-order chi connectivity index (χ1) is 14.6. The highest BCUT2D eigenvalue weighted by Gasteiger charge is 2.26. The average Bonchev–Trinajstić information content (AvgIpc) is 3.04. The molecule has 3 aromatic rings. The van der Waals surface area contributed by atoms with Crippen LogP contribution in [0.2, 0.25) is 0 Å². The summed E-state index contributed by atoms with van der Waals surface area (Å²) in [6.45, 7) is 4.90. The van der Waals surface area contributed by atoms with Gasteiger partial charge in [0.05, 0.1) is 6.04 Å². The molecule has 0 spiro atoms. The van der Waals surface area contributed by atoms with Crippen LogP contribution < -0.4 is 21.5 Å². The number of carbonyl (C=O) groups excluding carboxylic acids is 1. The summed E-state index contributed by atoms with van der Waals surface area (Å²) in [4.78, 5) is 33.9. The van der Waals surface area contributed by atoms with Crippen LogP contribution in [0.5, 0.6) is 0 Å². The molecule has 1 atom stereocenters. The minimum Gasteiger partial charge on any atom is -0.356 e. The van der Waals surface area contributed by atoms with Crippen molar-refractivity contribution in [1.82, 2.24) is 30.0 Å². The molecule has 2 aliphatic rings. The fourth-order valence-corrected chi connectivity index (χ4v) is 4.44. The number of hydrogen-bond acceptors (Lipinski definition) is 6. The third-order valence-corrected chi connectivity index (χ3v) is 5.93. The zero-order chi connectivity index (χ0) is 20.7. The molecule has 0 radical (unpaired) electrons. The van der Waals surface area contributed by atoms with Crippen molar-refractivity contribution in [3.8, 4) is 0 Å². The number of anilines is 2. The van der Waals surface area contributed by atoms with Crippen LogP contribution in [0.25, 0.3) is 11.0 Å². The van der Waals surface area contributed by atoms with Crippen molar-refractivity contribution < 1.29 is 4.79 Å². The summed E-state index contributed by atoms with van der Waals surface area (Å²) in [6, 6.07) is 6.18. The van der Waals surface area contributed by atoms with Gasteiger partial charge in [-0.05, 0) is 49.6 Å². The van der Waals surface area contributed by atoms with E-state index in [1.54, 1.807) is 10.9 Å². The lowest BCUT2D eigenvalue weighted by Gasteiger charge is -2.26. The summed E-state index contributed by atoms with van der Waals surface area (Å²) in [5.41, 5.74) is 4.01. The predicted molar refractivity (Wildman–Crippen MR) is 114 cm³/mol. The summed E-state index contributed by atoms with van der Waals surface area (Å²) in [5, 5.41) is 9.99. The summed E-state index contributed by atoms with van der Waals surface area (Å²) >= 11 is 0. The van der Waals surface area contributed by atoms with Gasteiger partial charge in [0, 0.05) is 37.9 Å². The van der Waals surface area contributed by atoms with Crippen molar-refractivity contribution in [2.45, 2.75) is 45.3 Å². The van der Waals surface area contributed by atoms with Crippen LogP contribution in [0.1, 0.15) is 36.9 Å². The highest BCUT2D eigenvalue weighted by atomic mass is 16.2. The number of piperidine rings is 1. The summed E-state index contributed by atoms with van der Waals surface area (Å²) in [5.74, 6) is 0.442. The summed E-state index contributed by atoms with van der Waals surface area (Å²) in [6.07, 6.45) is 3.68. The molecular weight excluding hydrogens is 382 g/mol. The molecular formula is C21H25N7O2. The number of carbonyl (C=O) groups is 1. The Kier molecular flexibility index (Phi) is 4.74. The van der Waals surface area contributed by atoms with Gasteiger partial charge in [0.2, 0.25) is 11.9 Å². The molecule has 4 heterocycles. The van der Waals surface area contributed by atoms with Gasteiger partial charge in [-0.1, -0.05) is 6.07 Å². The number of hydrogen-bond donors (Lipinski definition) is 3. The molecule has 0 bridgehead atoms. The maximum atomic E-state index is 12.9. The zero-order valence-corrected chi connectivity index (χ0v) is 16.9. The van der Waals surface area contributed by atoms with Crippen molar-refractivity contribution in [1.29, 1.82) is 0 Å². The molecule has 1 amide bonds. The third kappa shape index (κ3) is 3.24. The van der Waals surface area contributed by atoms with Crippen molar-refractivity contribution >= 4 is 28.6 Å². The molecule has 1 aromatic carbocycles. The van der Waals surface area contributed by atoms with E-state index < -0.39 is 0 Å². The monoisotopic (exact) mass is 407 g/mol. The second kappa shape index (κ2) is 7.56. The van der Waals surface area contributed by atoms with E-state index in [0.29, 0.717) is 36.5 Å². The minimum atomic E-state index is -0.119. The Labute approximate surface area is 173 Å². The van der Waals surface area contributed by atoms with E-state index in [-0.39, 0.29) is 17.5 Å². The van der Waals surface area contributed by atoms with Gasteiger partial charge in [-0.3, -0.25) is 14.3 Å². The Hall–Kier alpha value is -3.20. The molecule has 156 valence electrons. The molecule has 2 aromatic heterocycles. The van der Waals surface area contributed by atoms with Gasteiger partial charge in [-0.2, -0.15) is 4.98 Å². The molecule has 0 saturated carbocycles. The second-order valence-corrected chi connectivity index (χ2v) is 7.83. The predicted octanol–water partition coefficient (Wildman–Crippen LogP) is 1.45. The van der Waals surface area contributed by atoms with E-state index in [1.165, 1.54) is 11.1 Å². The van der Waals surface area contributed by atoms with Gasteiger partial charge in [0.25, 0.3) is 5.56 Å². The Morgan fingerprint density at radius 2 is 2.13 bits per heavy atom. The van der Waals surface area contributed by atoms with Crippen LogP contribution in [-0.4, -0.2) is 38.3 Å². The van der Waals surface area contributed by atoms with Crippen LogP contribution >= 0.6 is 0 Å². The molecule has 9 heteroatoms. The van der Waals surface area contributed by atoms with Gasteiger partial charge in [-0.15, -0.1) is 0 Å². The van der Waals surface area contributed by atoms with Gasteiger partial charge in [-0.25, -0.2) is 9.67 Å². The van der Waals surface area contributed by atoms with Crippen molar-refractivity contribution in [3.05, 3.63) is 45.9 Å². The largest absolute Gasteiger partial charge is 0.356 e. The van der Waals surface area contributed by atoms with Crippen LogP contribution in [0, 0.1) is 0 Å². The number of amides is 1. The number of aromatic nitrogens is 4. The van der Waals surface area contributed by atoms with Crippen molar-refractivity contribution in [3.63, 3.8) is 0 Å². The maximum absolute atomic E-state index is 12.9. The lowest BCUT2D eigenvalue weighted by molar-refractivity contribution is -0.123. The summed E-state index contributed by atoms with van der Waals surface area (Å²) < 4.78 is 3.56. The van der Waals surface area contributed by atoms with Crippen molar-refractivity contribution in [2.24, 2.45) is 0 Å². The number of rotatable bonds is 4. The number of nitrogens with zero attached hydrogens (tertiary/aromatic N) is 4. The quantitative estimate of drug-likeness (QED) is 0.605. The fraction of sp³-hybridized carbons (Fsp3) is 0.429. The van der Waals surface area contributed by atoms with Gasteiger partial charge in [0.15, 0.2) is 5.65 Å². The van der Waals surface area contributed by atoms with E-state index in [2.05, 4.69) is 38.1 Å². The SMILES string of the molecule is CCn1c(=O)c2cnc(Nc3ccc4c(c3)CCNC4)nc2n1C1CCNC(=O)C1. The van der Waals surface area contributed by atoms with E-state index in [4.69, 9.17) is 0 Å². The number of fused-ring (bicyclic) bond motifs is 2. The zero-order valence-electron chi connectivity index (χ0n) is 16.9. The summed E-state index contributed by atoms with van der Waals surface area (Å²) in [7, 11) is 0. The minimum absolute atomic E-state index is 0.000782. The molecule has 30 heavy (non-hydrogen) atoms.